The van der Waals surface area contributed by atoms with Crippen LogP contribution in [0.25, 0.3) is 0 Å². The maximum Gasteiger partial charge on any atom is 0.304 e. The van der Waals surface area contributed by atoms with Crippen molar-refractivity contribution in [3.8, 4) is 12.3 Å². The summed E-state index contributed by atoms with van der Waals surface area (Å²) in [6.45, 7) is 7.59. The number of esters is 1. The molecule has 0 aliphatic carbocycles. The molecule has 0 heterocycles. The van der Waals surface area contributed by atoms with E-state index in [9.17, 15) is 4.79 Å². The molecule has 0 unspecified atom stereocenters. The van der Waals surface area contributed by atoms with Crippen molar-refractivity contribution in [2.45, 2.75) is 59.0 Å². The van der Waals surface area contributed by atoms with Crippen molar-refractivity contribution in [3.05, 3.63) is 0 Å². The number of hydrogen-bond donors (Lipinski definition) is 0. The van der Waals surface area contributed by atoms with Crippen molar-refractivity contribution in [2.24, 2.45) is 5.92 Å². The SMILES string of the molecule is C#C[C@@](C)(CCC[C@@H](C)CC)OC(C)=O. The average Bonchev–Trinajstić information content (AvgIpc) is 2.16. The summed E-state index contributed by atoms with van der Waals surface area (Å²) in [5, 5.41) is 0. The zero-order valence-corrected chi connectivity index (χ0v) is 10.3. The van der Waals surface area contributed by atoms with Crippen LogP contribution in [-0.2, 0) is 9.53 Å². The molecule has 0 saturated heterocycles. The van der Waals surface area contributed by atoms with Gasteiger partial charge in [0.25, 0.3) is 0 Å². The van der Waals surface area contributed by atoms with Crippen LogP contribution in [0, 0.1) is 18.3 Å². The Labute approximate surface area is 93.4 Å². The van der Waals surface area contributed by atoms with E-state index in [1.807, 2.05) is 0 Å². The minimum absolute atomic E-state index is 0.306. The average molecular weight is 210 g/mol. The summed E-state index contributed by atoms with van der Waals surface area (Å²) in [5.74, 6) is 2.96. The third kappa shape index (κ3) is 6.17. The van der Waals surface area contributed by atoms with Gasteiger partial charge in [0.1, 0.15) is 0 Å². The Balaban J connectivity index is 4.00. The first-order valence-corrected chi connectivity index (χ1v) is 5.61. The zero-order chi connectivity index (χ0) is 11.9. The molecule has 0 saturated carbocycles. The summed E-state index contributed by atoms with van der Waals surface area (Å²) in [7, 11) is 0. The Morgan fingerprint density at radius 1 is 1.60 bits per heavy atom. The summed E-state index contributed by atoms with van der Waals surface area (Å²) in [4.78, 5) is 10.9. The van der Waals surface area contributed by atoms with Crippen LogP contribution in [0.4, 0.5) is 0 Å². The monoisotopic (exact) mass is 210 g/mol. The fourth-order valence-corrected chi connectivity index (χ4v) is 1.46. The zero-order valence-electron chi connectivity index (χ0n) is 10.3. The molecular formula is C13H22O2. The van der Waals surface area contributed by atoms with Crippen molar-refractivity contribution >= 4 is 5.97 Å². The summed E-state index contributed by atoms with van der Waals surface area (Å²) < 4.78 is 5.13. The first-order valence-electron chi connectivity index (χ1n) is 5.61. The van der Waals surface area contributed by atoms with Crippen LogP contribution in [-0.4, -0.2) is 11.6 Å². The second-order valence-electron chi connectivity index (χ2n) is 4.37. The quantitative estimate of drug-likeness (QED) is 0.497. The van der Waals surface area contributed by atoms with Gasteiger partial charge < -0.3 is 4.74 Å². The molecule has 86 valence electrons. The van der Waals surface area contributed by atoms with E-state index in [0.717, 1.165) is 19.3 Å². The Hall–Kier alpha value is -0.970. The molecule has 0 bridgehead atoms. The molecular weight excluding hydrogens is 188 g/mol. The molecule has 0 aromatic heterocycles. The van der Waals surface area contributed by atoms with Crippen molar-refractivity contribution in [1.29, 1.82) is 0 Å². The molecule has 0 amide bonds. The van der Waals surface area contributed by atoms with Crippen LogP contribution in [0.1, 0.15) is 53.4 Å². The number of hydrogen-bond acceptors (Lipinski definition) is 2. The Morgan fingerprint density at radius 3 is 2.60 bits per heavy atom. The van der Waals surface area contributed by atoms with Gasteiger partial charge in [-0.1, -0.05) is 32.6 Å². The first-order chi connectivity index (χ1) is 6.93. The number of ether oxygens (including phenoxy) is 1. The minimum Gasteiger partial charge on any atom is -0.446 e. The van der Waals surface area contributed by atoms with Gasteiger partial charge in [-0.05, 0) is 25.7 Å². The van der Waals surface area contributed by atoms with Gasteiger partial charge in [0.15, 0.2) is 5.60 Å². The third-order valence-corrected chi connectivity index (χ3v) is 2.72. The van der Waals surface area contributed by atoms with Crippen LogP contribution in [0.3, 0.4) is 0 Å². The molecule has 0 aliphatic heterocycles. The van der Waals surface area contributed by atoms with Crippen LogP contribution >= 0.6 is 0 Å². The lowest BCUT2D eigenvalue weighted by Crippen LogP contribution is -2.29. The topological polar surface area (TPSA) is 26.3 Å². The van der Waals surface area contributed by atoms with Crippen LogP contribution in [0.5, 0.6) is 0 Å². The lowest BCUT2D eigenvalue weighted by molar-refractivity contribution is -0.150. The molecule has 2 heteroatoms. The lowest BCUT2D eigenvalue weighted by Gasteiger charge is -2.23. The lowest BCUT2D eigenvalue weighted by atomic mass is 9.94. The normalized spacial score (nSPS) is 16.2. The van der Waals surface area contributed by atoms with Gasteiger partial charge in [-0.3, -0.25) is 4.79 Å². The predicted molar refractivity (Wildman–Crippen MR) is 62.3 cm³/mol. The highest BCUT2D eigenvalue weighted by Crippen LogP contribution is 2.21. The molecule has 0 radical (unpaired) electrons. The van der Waals surface area contributed by atoms with E-state index < -0.39 is 5.60 Å². The Kier molecular flexibility index (Phi) is 6.08. The van der Waals surface area contributed by atoms with Gasteiger partial charge in [0.2, 0.25) is 0 Å². The van der Waals surface area contributed by atoms with Gasteiger partial charge >= 0.3 is 5.97 Å². The first kappa shape index (κ1) is 14.0. The maximum atomic E-state index is 10.9. The fraction of sp³-hybridized carbons (Fsp3) is 0.769. The molecule has 0 spiro atoms. The van der Waals surface area contributed by atoms with E-state index in [-0.39, 0.29) is 5.97 Å². The van der Waals surface area contributed by atoms with E-state index in [1.54, 1.807) is 6.92 Å². The summed E-state index contributed by atoms with van der Waals surface area (Å²) in [6, 6.07) is 0. The Morgan fingerprint density at radius 2 is 2.20 bits per heavy atom. The number of terminal acetylenes is 1. The Bertz CT molecular complexity index is 239. The van der Waals surface area contributed by atoms with Crippen molar-refractivity contribution in [3.63, 3.8) is 0 Å². The highest BCUT2D eigenvalue weighted by atomic mass is 16.6. The van der Waals surface area contributed by atoms with E-state index >= 15 is 0 Å². The molecule has 0 rings (SSSR count). The summed E-state index contributed by atoms with van der Waals surface area (Å²) in [5.41, 5.74) is -0.723. The standard InChI is InChI=1S/C13H22O2/c1-6-11(3)9-8-10-13(5,7-2)15-12(4)14/h2,11H,6,8-10H2,1,3-5H3/t11-,13-/m0/s1. The van der Waals surface area contributed by atoms with Gasteiger partial charge in [-0.2, -0.15) is 0 Å². The highest BCUT2D eigenvalue weighted by Gasteiger charge is 2.24. The van der Waals surface area contributed by atoms with Gasteiger partial charge in [-0.25, -0.2) is 0 Å². The van der Waals surface area contributed by atoms with Crippen LogP contribution in [0.15, 0.2) is 0 Å². The molecule has 15 heavy (non-hydrogen) atoms. The fourth-order valence-electron chi connectivity index (χ4n) is 1.46. The van der Waals surface area contributed by atoms with E-state index in [1.165, 1.54) is 13.3 Å². The smallest absolute Gasteiger partial charge is 0.304 e. The molecule has 2 nitrogen and oxygen atoms in total. The second kappa shape index (κ2) is 6.50. The highest BCUT2D eigenvalue weighted by molar-refractivity contribution is 5.67. The van der Waals surface area contributed by atoms with E-state index in [2.05, 4.69) is 19.8 Å². The van der Waals surface area contributed by atoms with E-state index in [0.29, 0.717) is 5.92 Å². The molecule has 0 aliphatic rings. The largest absolute Gasteiger partial charge is 0.446 e. The number of carbonyl (C=O) groups excluding carboxylic acids is 1. The minimum atomic E-state index is -0.723. The molecule has 0 fully saturated rings. The van der Waals surface area contributed by atoms with Crippen LogP contribution in [0.2, 0.25) is 0 Å². The summed E-state index contributed by atoms with van der Waals surface area (Å²) in [6.07, 6.45) is 9.44. The predicted octanol–water partition coefficient (Wildman–Crippen LogP) is 3.16. The van der Waals surface area contributed by atoms with Gasteiger partial charge in [0.05, 0.1) is 0 Å². The third-order valence-electron chi connectivity index (χ3n) is 2.72. The molecule has 0 aromatic carbocycles. The van der Waals surface area contributed by atoms with Gasteiger partial charge in [0, 0.05) is 6.92 Å². The van der Waals surface area contributed by atoms with Crippen molar-refractivity contribution in [2.75, 3.05) is 0 Å². The number of carbonyl (C=O) groups is 1. The van der Waals surface area contributed by atoms with Crippen molar-refractivity contribution in [1.82, 2.24) is 0 Å². The second-order valence-corrected chi connectivity index (χ2v) is 4.37. The van der Waals surface area contributed by atoms with E-state index in [4.69, 9.17) is 11.2 Å². The molecule has 2 atom stereocenters. The van der Waals surface area contributed by atoms with Crippen molar-refractivity contribution < 1.29 is 9.53 Å². The molecule has 0 aromatic rings. The van der Waals surface area contributed by atoms with Gasteiger partial charge in [-0.15, -0.1) is 6.42 Å². The molecule has 0 N–H and O–H groups in total. The maximum absolute atomic E-state index is 10.9. The van der Waals surface area contributed by atoms with Crippen LogP contribution < -0.4 is 0 Å². The summed E-state index contributed by atoms with van der Waals surface area (Å²) >= 11 is 0. The number of rotatable bonds is 6.